The molecule has 2 nitrogen and oxygen atoms in total. The van der Waals surface area contributed by atoms with Crippen LogP contribution in [0.25, 0.3) is 0 Å². The van der Waals surface area contributed by atoms with Gasteiger partial charge in [-0.1, -0.05) is 40.0 Å². The minimum atomic E-state index is 0.146. The molecule has 0 unspecified atom stereocenters. The van der Waals surface area contributed by atoms with Crippen LogP contribution in [0.1, 0.15) is 70.3 Å². The van der Waals surface area contributed by atoms with E-state index in [2.05, 4.69) is 36.9 Å². The van der Waals surface area contributed by atoms with Crippen molar-refractivity contribution in [2.45, 2.75) is 64.2 Å². The van der Waals surface area contributed by atoms with Gasteiger partial charge in [0, 0.05) is 23.2 Å². The first kappa shape index (κ1) is 10.7. The second kappa shape index (κ2) is 3.99. The van der Waals surface area contributed by atoms with Gasteiger partial charge in [0.2, 0.25) is 0 Å². The molecular weight excluding hydrogens is 184 g/mol. The smallest absolute Gasteiger partial charge is 0.111 e. The number of hydrogen-bond acceptors (Lipinski definition) is 1. The highest BCUT2D eigenvalue weighted by molar-refractivity contribution is 5.12. The highest BCUT2D eigenvalue weighted by Crippen LogP contribution is 2.32. The van der Waals surface area contributed by atoms with Gasteiger partial charge in [0.1, 0.15) is 5.82 Å². The van der Waals surface area contributed by atoms with Crippen LogP contribution in [0, 0.1) is 0 Å². The Morgan fingerprint density at radius 3 is 2.40 bits per heavy atom. The van der Waals surface area contributed by atoms with Crippen LogP contribution >= 0.6 is 0 Å². The van der Waals surface area contributed by atoms with Gasteiger partial charge in [-0.3, -0.25) is 0 Å². The summed E-state index contributed by atoms with van der Waals surface area (Å²) in [6, 6.07) is 0. The lowest BCUT2D eigenvalue weighted by atomic mass is 9.87. The van der Waals surface area contributed by atoms with E-state index in [1.165, 1.54) is 37.8 Å². The Labute approximate surface area is 92.5 Å². The number of hydrogen-bond donors (Lipinski definition) is 1. The largest absolute Gasteiger partial charge is 0.345 e. The van der Waals surface area contributed by atoms with Crippen molar-refractivity contribution in [1.29, 1.82) is 0 Å². The van der Waals surface area contributed by atoms with Gasteiger partial charge >= 0.3 is 0 Å². The van der Waals surface area contributed by atoms with Crippen molar-refractivity contribution < 1.29 is 0 Å². The molecule has 1 N–H and O–H groups in total. The first-order valence-corrected chi connectivity index (χ1v) is 6.13. The van der Waals surface area contributed by atoms with E-state index in [1.807, 2.05) is 0 Å². The number of nitrogens with zero attached hydrogens (tertiary/aromatic N) is 1. The molecule has 1 aliphatic carbocycles. The van der Waals surface area contributed by atoms with E-state index in [9.17, 15) is 0 Å². The molecule has 0 amide bonds. The maximum atomic E-state index is 4.51. The monoisotopic (exact) mass is 206 g/mol. The van der Waals surface area contributed by atoms with Crippen LogP contribution in [0.15, 0.2) is 6.20 Å². The van der Waals surface area contributed by atoms with Crippen molar-refractivity contribution in [2.75, 3.05) is 0 Å². The van der Waals surface area contributed by atoms with Gasteiger partial charge in [-0.2, -0.15) is 0 Å². The standard InChI is InChI=1S/C13H22N2/c1-13(2,3)12-14-9-11(15-12)10-7-5-4-6-8-10/h9-10H,4-8H2,1-3H3,(H,14,15). The summed E-state index contributed by atoms with van der Waals surface area (Å²) in [6.45, 7) is 6.61. The number of aromatic amines is 1. The lowest BCUT2D eigenvalue weighted by molar-refractivity contribution is 0.436. The highest BCUT2D eigenvalue weighted by Gasteiger charge is 2.21. The summed E-state index contributed by atoms with van der Waals surface area (Å²) < 4.78 is 0. The molecule has 1 aliphatic rings. The van der Waals surface area contributed by atoms with E-state index in [4.69, 9.17) is 0 Å². The summed E-state index contributed by atoms with van der Waals surface area (Å²) >= 11 is 0. The molecule has 0 atom stereocenters. The molecule has 15 heavy (non-hydrogen) atoms. The fraction of sp³-hybridized carbons (Fsp3) is 0.769. The Kier molecular flexibility index (Phi) is 2.85. The number of imidazole rings is 1. The minimum Gasteiger partial charge on any atom is -0.345 e. The van der Waals surface area contributed by atoms with Crippen molar-refractivity contribution in [3.8, 4) is 0 Å². The zero-order valence-electron chi connectivity index (χ0n) is 10.1. The summed E-state index contributed by atoms with van der Waals surface area (Å²) in [6.07, 6.45) is 8.91. The molecule has 0 bridgehead atoms. The molecule has 1 saturated carbocycles. The number of aromatic nitrogens is 2. The lowest BCUT2D eigenvalue weighted by Crippen LogP contribution is -2.13. The molecular formula is C13H22N2. The molecule has 1 fully saturated rings. The van der Waals surface area contributed by atoms with Gasteiger partial charge in [0.15, 0.2) is 0 Å². The first-order chi connectivity index (χ1) is 7.07. The van der Waals surface area contributed by atoms with E-state index in [0.717, 1.165) is 11.7 Å². The third-order valence-electron chi connectivity index (χ3n) is 3.35. The minimum absolute atomic E-state index is 0.146. The van der Waals surface area contributed by atoms with E-state index in [1.54, 1.807) is 0 Å². The topological polar surface area (TPSA) is 28.7 Å². The van der Waals surface area contributed by atoms with Crippen LogP contribution in [-0.4, -0.2) is 9.97 Å². The average molecular weight is 206 g/mol. The van der Waals surface area contributed by atoms with Crippen LogP contribution in [0.3, 0.4) is 0 Å². The Balaban J connectivity index is 2.12. The van der Waals surface area contributed by atoms with Crippen LogP contribution < -0.4 is 0 Å². The summed E-state index contributed by atoms with van der Waals surface area (Å²) in [5.74, 6) is 1.87. The second-order valence-electron chi connectivity index (χ2n) is 5.77. The summed E-state index contributed by atoms with van der Waals surface area (Å²) in [7, 11) is 0. The third-order valence-corrected chi connectivity index (χ3v) is 3.35. The third kappa shape index (κ3) is 2.42. The Morgan fingerprint density at radius 1 is 1.20 bits per heavy atom. The molecule has 1 aromatic heterocycles. The van der Waals surface area contributed by atoms with Crippen molar-refractivity contribution in [3.63, 3.8) is 0 Å². The fourth-order valence-corrected chi connectivity index (χ4v) is 2.34. The molecule has 84 valence electrons. The van der Waals surface area contributed by atoms with Gasteiger partial charge in [-0.15, -0.1) is 0 Å². The average Bonchev–Trinajstić information content (AvgIpc) is 2.67. The van der Waals surface area contributed by atoms with Gasteiger partial charge < -0.3 is 4.98 Å². The SMILES string of the molecule is CC(C)(C)c1ncc(C2CCCCC2)[nH]1. The van der Waals surface area contributed by atoms with Gasteiger partial charge in [0.05, 0.1) is 0 Å². The van der Waals surface area contributed by atoms with E-state index in [0.29, 0.717) is 0 Å². The van der Waals surface area contributed by atoms with Crippen molar-refractivity contribution in [1.82, 2.24) is 9.97 Å². The van der Waals surface area contributed by atoms with Crippen molar-refractivity contribution >= 4 is 0 Å². The zero-order chi connectivity index (χ0) is 10.9. The van der Waals surface area contributed by atoms with Gasteiger partial charge in [-0.05, 0) is 12.8 Å². The van der Waals surface area contributed by atoms with E-state index < -0.39 is 0 Å². The molecule has 2 rings (SSSR count). The zero-order valence-corrected chi connectivity index (χ0v) is 10.1. The Hall–Kier alpha value is -0.790. The first-order valence-electron chi connectivity index (χ1n) is 6.13. The molecule has 0 spiro atoms. The molecule has 0 radical (unpaired) electrons. The quantitative estimate of drug-likeness (QED) is 0.744. The van der Waals surface area contributed by atoms with Crippen molar-refractivity contribution in [3.05, 3.63) is 17.7 Å². The van der Waals surface area contributed by atoms with Gasteiger partial charge in [-0.25, -0.2) is 4.98 Å². The lowest BCUT2D eigenvalue weighted by Gasteiger charge is -2.20. The summed E-state index contributed by atoms with van der Waals surface area (Å²) in [5.41, 5.74) is 1.51. The Bertz CT molecular complexity index is 314. The van der Waals surface area contributed by atoms with Crippen molar-refractivity contribution in [2.24, 2.45) is 0 Å². The van der Waals surface area contributed by atoms with Crippen LogP contribution in [0.2, 0.25) is 0 Å². The molecule has 0 aromatic carbocycles. The van der Waals surface area contributed by atoms with Gasteiger partial charge in [0.25, 0.3) is 0 Å². The maximum Gasteiger partial charge on any atom is 0.111 e. The van der Waals surface area contributed by atoms with Crippen LogP contribution in [-0.2, 0) is 5.41 Å². The maximum absolute atomic E-state index is 4.51. The normalized spacial score (nSPS) is 19.4. The second-order valence-corrected chi connectivity index (χ2v) is 5.77. The van der Waals surface area contributed by atoms with Crippen LogP contribution in [0.4, 0.5) is 0 Å². The predicted molar refractivity (Wildman–Crippen MR) is 63.1 cm³/mol. The summed E-state index contributed by atoms with van der Waals surface area (Å²) in [4.78, 5) is 8.02. The summed E-state index contributed by atoms with van der Waals surface area (Å²) in [5, 5.41) is 0. The molecule has 1 heterocycles. The van der Waals surface area contributed by atoms with E-state index >= 15 is 0 Å². The number of rotatable bonds is 1. The molecule has 1 aromatic rings. The Morgan fingerprint density at radius 2 is 1.87 bits per heavy atom. The fourth-order valence-electron chi connectivity index (χ4n) is 2.34. The molecule has 0 aliphatic heterocycles. The number of H-pyrrole nitrogens is 1. The predicted octanol–water partition coefficient (Wildman–Crippen LogP) is 3.75. The molecule has 2 heteroatoms. The highest BCUT2D eigenvalue weighted by atomic mass is 14.9. The van der Waals surface area contributed by atoms with E-state index in [-0.39, 0.29) is 5.41 Å². The molecule has 0 saturated heterocycles. The van der Waals surface area contributed by atoms with Crippen LogP contribution in [0.5, 0.6) is 0 Å². The number of nitrogens with one attached hydrogen (secondary N) is 1.